The van der Waals surface area contributed by atoms with Gasteiger partial charge in [0.25, 0.3) is 0 Å². The summed E-state index contributed by atoms with van der Waals surface area (Å²) in [6, 6.07) is 1.41. The highest BCUT2D eigenvalue weighted by Crippen LogP contribution is 2.40. The fraction of sp³-hybridized carbons (Fsp3) is 1.00. The van der Waals surface area contributed by atoms with Crippen LogP contribution in [0.3, 0.4) is 0 Å². The lowest BCUT2D eigenvalue weighted by atomic mass is 10.1. The lowest BCUT2D eigenvalue weighted by molar-refractivity contribution is 0.282. The molecule has 0 aromatic rings. The Kier molecular flexibility index (Phi) is 8.26. The van der Waals surface area contributed by atoms with Crippen molar-refractivity contribution in [1.82, 2.24) is 0 Å². The minimum absolute atomic E-state index is 0.344. The third-order valence-corrected chi connectivity index (χ3v) is 10.8. The van der Waals surface area contributed by atoms with Gasteiger partial charge in [-0.25, -0.2) is 0 Å². The quantitative estimate of drug-likeness (QED) is 0.370. The Hall–Kier alpha value is 0.657. The number of hydrogen-bond acceptors (Lipinski definition) is 1. The summed E-state index contributed by atoms with van der Waals surface area (Å²) < 4.78 is 0. The zero-order chi connectivity index (χ0) is 13.5. The molecule has 1 nitrogen and oxygen atoms in total. The molecule has 1 unspecified atom stereocenters. The van der Waals surface area contributed by atoms with Gasteiger partial charge in [-0.3, -0.25) is 0 Å². The van der Waals surface area contributed by atoms with E-state index in [1.54, 1.807) is 0 Å². The molecule has 0 heterocycles. The molecule has 0 saturated carbocycles. The van der Waals surface area contributed by atoms with Crippen LogP contribution in [0, 0.1) is 0 Å². The normalized spacial score (nSPS) is 15.0. The number of halogens is 1. The van der Waals surface area contributed by atoms with Gasteiger partial charge in [-0.15, -0.1) is 0 Å². The van der Waals surface area contributed by atoms with Gasteiger partial charge >= 0.3 is 0 Å². The van der Waals surface area contributed by atoms with Crippen molar-refractivity contribution in [2.75, 3.05) is 6.61 Å². The topological polar surface area (TPSA) is 20.2 Å². The average molecular weight is 323 g/mol. The van der Waals surface area contributed by atoms with Crippen molar-refractivity contribution in [2.45, 2.75) is 81.9 Å². The van der Waals surface area contributed by atoms with E-state index in [4.69, 9.17) is 5.11 Å². The van der Waals surface area contributed by atoms with E-state index in [0.717, 1.165) is 6.42 Å². The molecule has 0 radical (unpaired) electrons. The highest BCUT2D eigenvalue weighted by atomic mass is 79.9. The number of alkyl halides is 1. The largest absolute Gasteiger partial charge is 0.396 e. The highest BCUT2D eigenvalue weighted by Gasteiger charge is 2.34. The first-order valence-corrected chi connectivity index (χ1v) is 11.1. The lowest BCUT2D eigenvalue weighted by Crippen LogP contribution is -2.37. The van der Waals surface area contributed by atoms with E-state index in [1.165, 1.54) is 31.7 Å². The van der Waals surface area contributed by atoms with E-state index in [2.05, 4.69) is 49.8 Å². The van der Waals surface area contributed by atoms with Crippen molar-refractivity contribution < 1.29 is 5.11 Å². The summed E-state index contributed by atoms with van der Waals surface area (Å²) in [5.74, 6) is 0. The van der Waals surface area contributed by atoms with E-state index in [0.29, 0.717) is 16.5 Å². The molecular weight excluding hydrogens is 292 g/mol. The zero-order valence-electron chi connectivity index (χ0n) is 12.4. The Labute approximate surface area is 118 Å². The van der Waals surface area contributed by atoms with Gasteiger partial charge in [0.05, 0.1) is 8.07 Å². The molecule has 17 heavy (non-hydrogen) atoms. The minimum Gasteiger partial charge on any atom is -0.396 e. The van der Waals surface area contributed by atoms with Gasteiger partial charge in [0.2, 0.25) is 0 Å². The SMILES string of the molecule is CC(C)(C)[Si](C)(C)CCC(Br)CCCCCO. The standard InChI is InChI=1S/C14H31BrOSi/c1-14(2,3)17(4,5)12-10-13(15)9-7-6-8-11-16/h13,16H,6-12H2,1-5H3. The number of aliphatic hydroxyl groups excluding tert-OH is 1. The van der Waals surface area contributed by atoms with E-state index in [9.17, 15) is 0 Å². The van der Waals surface area contributed by atoms with Crippen LogP contribution in [0.1, 0.15) is 52.9 Å². The van der Waals surface area contributed by atoms with Crippen molar-refractivity contribution in [2.24, 2.45) is 0 Å². The molecule has 0 aliphatic heterocycles. The van der Waals surface area contributed by atoms with Crippen LogP contribution < -0.4 is 0 Å². The number of rotatable bonds is 8. The summed E-state index contributed by atoms with van der Waals surface area (Å²) in [5.41, 5.74) is 0. The van der Waals surface area contributed by atoms with Crippen molar-refractivity contribution in [3.8, 4) is 0 Å². The van der Waals surface area contributed by atoms with E-state index >= 15 is 0 Å². The van der Waals surface area contributed by atoms with Crippen molar-refractivity contribution in [1.29, 1.82) is 0 Å². The molecule has 0 aliphatic carbocycles. The summed E-state index contributed by atoms with van der Waals surface area (Å²) in [6.45, 7) is 12.5. The van der Waals surface area contributed by atoms with Gasteiger partial charge < -0.3 is 5.11 Å². The van der Waals surface area contributed by atoms with Gasteiger partial charge in [-0.05, 0) is 24.3 Å². The van der Waals surface area contributed by atoms with Crippen LogP contribution in [-0.4, -0.2) is 24.6 Å². The molecule has 0 amide bonds. The first-order valence-electron chi connectivity index (χ1n) is 6.95. The number of hydrogen-bond donors (Lipinski definition) is 1. The van der Waals surface area contributed by atoms with Gasteiger partial charge in [-0.2, -0.15) is 0 Å². The van der Waals surface area contributed by atoms with Gasteiger partial charge in [0.1, 0.15) is 0 Å². The van der Waals surface area contributed by atoms with Gasteiger partial charge in [0.15, 0.2) is 0 Å². The summed E-state index contributed by atoms with van der Waals surface area (Å²) in [4.78, 5) is 0.676. The molecule has 104 valence electrons. The first-order chi connectivity index (χ1) is 7.70. The second kappa shape index (κ2) is 7.95. The predicted molar refractivity (Wildman–Crippen MR) is 84.9 cm³/mol. The van der Waals surface area contributed by atoms with E-state index in [-0.39, 0.29) is 0 Å². The Bertz CT molecular complexity index is 199. The minimum atomic E-state index is -1.09. The molecule has 0 aromatic carbocycles. The number of unbranched alkanes of at least 4 members (excludes halogenated alkanes) is 2. The molecule has 0 aromatic heterocycles. The molecule has 0 aliphatic rings. The van der Waals surface area contributed by atoms with Crippen LogP contribution in [0.15, 0.2) is 0 Å². The van der Waals surface area contributed by atoms with Crippen LogP contribution in [0.2, 0.25) is 24.2 Å². The third kappa shape index (κ3) is 7.63. The van der Waals surface area contributed by atoms with Crippen LogP contribution in [-0.2, 0) is 0 Å². The molecule has 0 spiro atoms. The monoisotopic (exact) mass is 322 g/mol. The maximum atomic E-state index is 8.72. The Balaban J connectivity index is 3.80. The zero-order valence-corrected chi connectivity index (χ0v) is 14.9. The van der Waals surface area contributed by atoms with Crippen molar-refractivity contribution in [3.05, 3.63) is 0 Å². The van der Waals surface area contributed by atoms with Crippen LogP contribution in [0.25, 0.3) is 0 Å². The van der Waals surface area contributed by atoms with E-state index in [1.807, 2.05) is 0 Å². The molecule has 1 atom stereocenters. The second-order valence-electron chi connectivity index (χ2n) is 6.84. The molecule has 0 saturated heterocycles. The highest BCUT2D eigenvalue weighted by molar-refractivity contribution is 9.09. The van der Waals surface area contributed by atoms with Gasteiger partial charge in [-0.1, -0.05) is 68.7 Å². The Morgan fingerprint density at radius 2 is 1.65 bits per heavy atom. The van der Waals surface area contributed by atoms with Gasteiger partial charge in [0, 0.05) is 11.4 Å². The van der Waals surface area contributed by atoms with Crippen LogP contribution in [0.5, 0.6) is 0 Å². The maximum Gasteiger partial charge on any atom is 0.0528 e. The fourth-order valence-corrected chi connectivity index (χ4v) is 4.49. The maximum absolute atomic E-state index is 8.72. The van der Waals surface area contributed by atoms with Crippen LogP contribution in [0.4, 0.5) is 0 Å². The lowest BCUT2D eigenvalue weighted by Gasteiger charge is -2.37. The summed E-state index contributed by atoms with van der Waals surface area (Å²) in [7, 11) is -1.09. The Morgan fingerprint density at radius 3 is 2.12 bits per heavy atom. The molecule has 0 rings (SSSR count). The second-order valence-corrected chi connectivity index (χ2v) is 13.9. The summed E-state index contributed by atoms with van der Waals surface area (Å²) >= 11 is 3.81. The van der Waals surface area contributed by atoms with E-state index < -0.39 is 8.07 Å². The smallest absolute Gasteiger partial charge is 0.0528 e. The van der Waals surface area contributed by atoms with Crippen molar-refractivity contribution >= 4 is 24.0 Å². The third-order valence-electron chi connectivity index (χ3n) is 4.29. The Morgan fingerprint density at radius 1 is 1.06 bits per heavy atom. The summed E-state index contributed by atoms with van der Waals surface area (Å²) in [6.07, 6.45) is 5.94. The molecule has 0 fully saturated rings. The molecular formula is C14H31BrOSi. The predicted octanol–water partition coefficient (Wildman–Crippen LogP) is 5.20. The average Bonchev–Trinajstić information content (AvgIpc) is 2.20. The van der Waals surface area contributed by atoms with Crippen LogP contribution >= 0.6 is 15.9 Å². The van der Waals surface area contributed by atoms with Crippen molar-refractivity contribution in [3.63, 3.8) is 0 Å². The molecule has 0 bridgehead atoms. The molecule has 1 N–H and O–H groups in total. The molecule has 3 heteroatoms. The number of aliphatic hydroxyl groups is 1. The summed E-state index contributed by atoms with van der Waals surface area (Å²) in [5, 5.41) is 9.24. The first kappa shape index (κ1) is 17.7. The fourth-order valence-electron chi connectivity index (χ4n) is 1.69.